The smallest absolute Gasteiger partial charge is 0.407 e. The Kier molecular flexibility index (Phi) is 10.1. The molecular weight excluding hydrogens is 523 g/mol. The molecule has 1 N–H and O–H groups in total. The Balaban J connectivity index is 1.30. The third kappa shape index (κ3) is 7.56. The number of benzene rings is 2. The van der Waals surface area contributed by atoms with Crippen molar-refractivity contribution >= 4 is 18.1 Å². The minimum absolute atomic E-state index is 0.0674. The first kappa shape index (κ1) is 29.5. The van der Waals surface area contributed by atoms with Crippen LogP contribution in [0.15, 0.2) is 42.5 Å². The lowest BCUT2D eigenvalue weighted by molar-refractivity contribution is -0.127. The first-order chi connectivity index (χ1) is 19.3. The molecule has 40 heavy (non-hydrogen) atoms. The lowest BCUT2D eigenvalue weighted by atomic mass is 9.86. The van der Waals surface area contributed by atoms with E-state index in [1.807, 2.05) is 12.1 Å². The molecule has 2 aliphatic heterocycles. The average molecular weight is 560 g/mol. The summed E-state index contributed by atoms with van der Waals surface area (Å²) in [4.78, 5) is 28.9. The monoisotopic (exact) mass is 559 g/mol. The Morgan fingerprint density at radius 2 is 1.60 bits per heavy atom. The fourth-order valence-corrected chi connectivity index (χ4v) is 5.59. The van der Waals surface area contributed by atoms with E-state index in [1.165, 1.54) is 24.8 Å². The average Bonchev–Trinajstić information content (AvgIpc) is 2.98. The molecule has 216 valence electrons. The molecule has 0 radical (unpaired) electrons. The first-order valence-corrected chi connectivity index (χ1v) is 13.6. The van der Waals surface area contributed by atoms with Crippen LogP contribution in [0.2, 0.25) is 0 Å². The van der Waals surface area contributed by atoms with Gasteiger partial charge in [0.25, 0.3) is 0 Å². The number of hydrogen-bond donors (Lipinski definition) is 1. The number of amides is 2. The minimum atomic E-state index is -1.54. The third-order valence-corrected chi connectivity index (χ3v) is 7.96. The molecule has 0 saturated carbocycles. The minimum Gasteiger partial charge on any atom is -0.497 e. The molecule has 2 aromatic rings. The molecule has 2 aliphatic rings. The lowest BCUT2D eigenvalue weighted by Crippen LogP contribution is -2.52. The zero-order valence-corrected chi connectivity index (χ0v) is 22.9. The van der Waals surface area contributed by atoms with E-state index in [2.05, 4.69) is 22.3 Å². The highest BCUT2D eigenvalue weighted by Crippen LogP contribution is 2.30. The molecule has 0 spiro atoms. The Morgan fingerprint density at radius 3 is 2.17 bits per heavy atom. The van der Waals surface area contributed by atoms with Crippen molar-refractivity contribution in [2.45, 2.75) is 37.6 Å². The fraction of sp³-hybridized carbons (Fsp3) is 0.467. The number of ether oxygens (including phenoxy) is 2. The highest BCUT2D eigenvalue weighted by Gasteiger charge is 2.32. The van der Waals surface area contributed by atoms with Crippen molar-refractivity contribution in [2.75, 3.05) is 46.9 Å². The van der Waals surface area contributed by atoms with Crippen LogP contribution in [0.25, 0.3) is 6.08 Å². The van der Waals surface area contributed by atoms with Gasteiger partial charge in [0, 0.05) is 31.8 Å². The van der Waals surface area contributed by atoms with Crippen LogP contribution in [0.1, 0.15) is 42.7 Å². The predicted octanol–water partition coefficient (Wildman–Crippen LogP) is 4.97. The SMILES string of the molecule is COC(=O)NC(CN1CCC(c2ccc(OC)cc2)CC1)C1CCN(C(=O)C=Cc2cc(F)c(F)c(F)c2)CC1. The molecular formula is C30H36F3N3O4. The van der Waals surface area contributed by atoms with Crippen LogP contribution in [0.4, 0.5) is 18.0 Å². The predicted molar refractivity (Wildman–Crippen MR) is 145 cm³/mol. The van der Waals surface area contributed by atoms with Crippen LogP contribution in [0.5, 0.6) is 5.75 Å². The van der Waals surface area contributed by atoms with Crippen molar-refractivity contribution in [3.05, 3.63) is 71.1 Å². The molecule has 10 heteroatoms. The molecule has 2 heterocycles. The van der Waals surface area contributed by atoms with E-state index in [0.29, 0.717) is 38.4 Å². The maximum atomic E-state index is 13.5. The van der Waals surface area contributed by atoms with Crippen LogP contribution in [0, 0.1) is 23.4 Å². The maximum absolute atomic E-state index is 13.5. The summed E-state index contributed by atoms with van der Waals surface area (Å²) < 4.78 is 50.2. The summed E-state index contributed by atoms with van der Waals surface area (Å²) in [6.45, 7) is 3.51. The molecule has 1 unspecified atom stereocenters. The molecule has 7 nitrogen and oxygen atoms in total. The summed E-state index contributed by atoms with van der Waals surface area (Å²) in [7, 11) is 3.01. The second kappa shape index (κ2) is 13.7. The number of halogens is 3. The Labute approximate surface area is 232 Å². The van der Waals surface area contributed by atoms with E-state index in [4.69, 9.17) is 9.47 Å². The summed E-state index contributed by atoms with van der Waals surface area (Å²) in [5, 5.41) is 3.01. The molecule has 4 rings (SSSR count). The van der Waals surface area contributed by atoms with E-state index in [-0.39, 0.29) is 23.4 Å². The standard InChI is InChI=1S/C30H36F3N3O4/c1-39-24-6-4-21(5-7-24)22-9-13-35(14-10-22)19-27(34-30(38)40-2)23-11-15-36(16-12-23)28(37)8-3-20-17-25(31)29(33)26(32)18-20/h3-8,17-18,22-23,27H,9-16,19H2,1-2H3,(H,34,38). The number of carbonyl (C=O) groups is 2. The Morgan fingerprint density at radius 1 is 0.975 bits per heavy atom. The van der Waals surface area contributed by atoms with Crippen LogP contribution >= 0.6 is 0 Å². The van der Waals surface area contributed by atoms with E-state index >= 15 is 0 Å². The number of methoxy groups -OCH3 is 2. The highest BCUT2D eigenvalue weighted by molar-refractivity contribution is 5.91. The molecule has 0 aromatic heterocycles. The van der Waals surface area contributed by atoms with Crippen molar-refractivity contribution in [1.82, 2.24) is 15.1 Å². The van der Waals surface area contributed by atoms with Crippen molar-refractivity contribution < 1.29 is 32.2 Å². The first-order valence-electron chi connectivity index (χ1n) is 13.6. The molecule has 2 aromatic carbocycles. The van der Waals surface area contributed by atoms with Crippen LogP contribution < -0.4 is 10.1 Å². The third-order valence-electron chi connectivity index (χ3n) is 7.96. The lowest BCUT2D eigenvalue weighted by Gasteiger charge is -2.39. The van der Waals surface area contributed by atoms with Gasteiger partial charge in [0.05, 0.1) is 14.2 Å². The van der Waals surface area contributed by atoms with Crippen molar-refractivity contribution in [1.29, 1.82) is 0 Å². The molecule has 2 fully saturated rings. The number of alkyl carbamates (subject to hydrolysis) is 1. The second-order valence-electron chi connectivity index (χ2n) is 10.4. The van der Waals surface area contributed by atoms with Gasteiger partial charge in [-0.1, -0.05) is 12.1 Å². The molecule has 2 amide bonds. The Hall–Kier alpha value is -3.53. The van der Waals surface area contributed by atoms with E-state index < -0.39 is 23.5 Å². The van der Waals surface area contributed by atoms with E-state index in [1.54, 1.807) is 12.0 Å². The second-order valence-corrected chi connectivity index (χ2v) is 10.4. The molecule has 2 saturated heterocycles. The number of rotatable bonds is 8. The van der Waals surface area contributed by atoms with Gasteiger partial charge in [0.2, 0.25) is 5.91 Å². The van der Waals surface area contributed by atoms with Crippen LogP contribution in [-0.2, 0) is 9.53 Å². The van der Waals surface area contributed by atoms with Gasteiger partial charge in [-0.05, 0) is 92.1 Å². The topological polar surface area (TPSA) is 71.1 Å². The Bertz CT molecular complexity index is 1170. The fourth-order valence-electron chi connectivity index (χ4n) is 5.59. The van der Waals surface area contributed by atoms with E-state index in [9.17, 15) is 22.8 Å². The maximum Gasteiger partial charge on any atom is 0.407 e. The van der Waals surface area contributed by atoms with Crippen molar-refractivity contribution in [3.63, 3.8) is 0 Å². The number of carbonyl (C=O) groups excluding carboxylic acids is 2. The van der Waals surface area contributed by atoms with Gasteiger partial charge >= 0.3 is 6.09 Å². The van der Waals surface area contributed by atoms with E-state index in [0.717, 1.165) is 43.8 Å². The summed E-state index contributed by atoms with van der Waals surface area (Å²) >= 11 is 0. The van der Waals surface area contributed by atoms with Gasteiger partial charge < -0.3 is 24.6 Å². The summed E-state index contributed by atoms with van der Waals surface area (Å²) in [6, 6.07) is 9.81. The number of nitrogens with zero attached hydrogens (tertiary/aromatic N) is 2. The zero-order chi connectivity index (χ0) is 28.6. The van der Waals surface area contributed by atoms with Crippen molar-refractivity contribution in [3.8, 4) is 5.75 Å². The molecule has 0 bridgehead atoms. The normalized spacial score (nSPS) is 18.1. The number of nitrogens with one attached hydrogen (secondary N) is 1. The van der Waals surface area contributed by atoms with Gasteiger partial charge in [0.1, 0.15) is 5.75 Å². The van der Waals surface area contributed by atoms with Gasteiger partial charge in [-0.15, -0.1) is 0 Å². The van der Waals surface area contributed by atoms with Gasteiger partial charge in [0.15, 0.2) is 17.5 Å². The van der Waals surface area contributed by atoms with Crippen molar-refractivity contribution in [2.24, 2.45) is 5.92 Å². The van der Waals surface area contributed by atoms with Gasteiger partial charge in [-0.3, -0.25) is 4.79 Å². The number of piperidine rings is 2. The molecule has 1 atom stereocenters. The number of likely N-dealkylation sites (tertiary alicyclic amines) is 2. The van der Waals surface area contributed by atoms with Crippen LogP contribution in [0.3, 0.4) is 0 Å². The number of hydrogen-bond acceptors (Lipinski definition) is 5. The largest absolute Gasteiger partial charge is 0.497 e. The zero-order valence-electron chi connectivity index (χ0n) is 22.9. The quantitative estimate of drug-likeness (QED) is 0.366. The summed E-state index contributed by atoms with van der Waals surface area (Å²) in [5.74, 6) is -2.94. The summed E-state index contributed by atoms with van der Waals surface area (Å²) in [6.07, 6.45) is 5.47. The summed E-state index contributed by atoms with van der Waals surface area (Å²) in [5.41, 5.74) is 1.38. The van der Waals surface area contributed by atoms with Gasteiger partial charge in [-0.25, -0.2) is 18.0 Å². The molecule has 0 aliphatic carbocycles. The highest BCUT2D eigenvalue weighted by atomic mass is 19.2. The van der Waals surface area contributed by atoms with Gasteiger partial charge in [-0.2, -0.15) is 0 Å². The van der Waals surface area contributed by atoms with Crippen LogP contribution in [-0.4, -0.2) is 74.8 Å².